The summed E-state index contributed by atoms with van der Waals surface area (Å²) < 4.78 is 5.70. The number of hydrogen-bond donors (Lipinski definition) is 4. The Kier molecular flexibility index (Phi) is 19.8. The van der Waals surface area contributed by atoms with E-state index in [1.807, 2.05) is 0 Å². The summed E-state index contributed by atoms with van der Waals surface area (Å²) in [4.78, 5) is 4.53. The van der Waals surface area contributed by atoms with Crippen LogP contribution in [-0.4, -0.2) is 109 Å². The fraction of sp³-hybridized carbons (Fsp3) is 1.00. The molecule has 0 aromatic rings. The maximum absolute atomic E-state index is 8.93. The third-order valence-corrected chi connectivity index (χ3v) is 4.06. The van der Waals surface area contributed by atoms with Gasteiger partial charge in [0.2, 0.25) is 0 Å². The summed E-state index contributed by atoms with van der Waals surface area (Å²) in [6, 6.07) is 0. The molecule has 0 aliphatic heterocycles. The maximum atomic E-state index is 8.93. The number of ether oxygens (including phenoxy) is 1. The Morgan fingerprint density at radius 3 is 1.00 bits per heavy atom. The standard InChI is InChI=1S/C18H40N2O5/c21-13-1-7-19(8-2-14-22)11-5-17-25-18-6-12-20(9-3-15-23)10-4-16-24/h21-24H,1-18H2. The summed E-state index contributed by atoms with van der Waals surface area (Å²) in [6.45, 7) is 7.57. The van der Waals surface area contributed by atoms with Crippen LogP contribution in [0.3, 0.4) is 0 Å². The van der Waals surface area contributed by atoms with Gasteiger partial charge in [-0.1, -0.05) is 0 Å². The fourth-order valence-electron chi connectivity index (χ4n) is 2.73. The molecule has 25 heavy (non-hydrogen) atoms. The molecule has 7 heteroatoms. The van der Waals surface area contributed by atoms with Gasteiger partial charge in [0, 0.05) is 78.9 Å². The van der Waals surface area contributed by atoms with Gasteiger partial charge < -0.3 is 35.0 Å². The average Bonchev–Trinajstić information content (AvgIpc) is 2.63. The summed E-state index contributed by atoms with van der Waals surface area (Å²) in [6.07, 6.45) is 4.98. The zero-order valence-corrected chi connectivity index (χ0v) is 15.8. The molecule has 7 nitrogen and oxygen atoms in total. The summed E-state index contributed by atoms with van der Waals surface area (Å²) >= 11 is 0. The molecule has 4 N–H and O–H groups in total. The Morgan fingerprint density at radius 2 is 0.720 bits per heavy atom. The molecule has 0 radical (unpaired) electrons. The van der Waals surface area contributed by atoms with E-state index in [2.05, 4.69) is 9.80 Å². The molecule has 0 saturated heterocycles. The molecule has 0 rings (SSSR count). The molecule has 0 atom stereocenters. The van der Waals surface area contributed by atoms with E-state index in [0.29, 0.717) is 0 Å². The van der Waals surface area contributed by atoms with Crippen molar-refractivity contribution >= 4 is 0 Å². The molecule has 0 aromatic heterocycles. The molecule has 0 amide bonds. The third-order valence-electron chi connectivity index (χ3n) is 4.06. The van der Waals surface area contributed by atoms with Crippen molar-refractivity contribution in [3.8, 4) is 0 Å². The second-order valence-corrected chi connectivity index (χ2v) is 6.31. The minimum absolute atomic E-state index is 0.204. The molecule has 0 saturated carbocycles. The molecular weight excluding hydrogens is 324 g/mol. The maximum Gasteiger partial charge on any atom is 0.0478 e. The second kappa shape index (κ2) is 20.0. The molecule has 0 bridgehead atoms. The van der Waals surface area contributed by atoms with E-state index in [9.17, 15) is 0 Å². The molecule has 152 valence electrons. The second-order valence-electron chi connectivity index (χ2n) is 6.31. The normalized spacial score (nSPS) is 11.8. The molecular formula is C18H40N2O5. The van der Waals surface area contributed by atoms with Crippen LogP contribution in [0.2, 0.25) is 0 Å². The van der Waals surface area contributed by atoms with Crippen molar-refractivity contribution < 1.29 is 25.2 Å². The van der Waals surface area contributed by atoms with E-state index >= 15 is 0 Å². The summed E-state index contributed by atoms with van der Waals surface area (Å²) in [5.74, 6) is 0. The van der Waals surface area contributed by atoms with Crippen molar-refractivity contribution in [2.45, 2.75) is 38.5 Å². The van der Waals surface area contributed by atoms with Crippen LogP contribution in [0.15, 0.2) is 0 Å². The van der Waals surface area contributed by atoms with E-state index in [4.69, 9.17) is 25.2 Å². The van der Waals surface area contributed by atoms with Gasteiger partial charge in [-0.3, -0.25) is 0 Å². The predicted molar refractivity (Wildman–Crippen MR) is 99.7 cm³/mol. The fourth-order valence-corrected chi connectivity index (χ4v) is 2.73. The minimum atomic E-state index is 0.204. The SMILES string of the molecule is OCCCN(CCCO)CCCOCCCN(CCCO)CCCO. The number of hydrogen-bond acceptors (Lipinski definition) is 7. The first-order chi connectivity index (χ1) is 12.3. The van der Waals surface area contributed by atoms with Crippen LogP contribution in [0.4, 0.5) is 0 Å². The van der Waals surface area contributed by atoms with Crippen LogP contribution in [0.5, 0.6) is 0 Å². The van der Waals surface area contributed by atoms with Crippen molar-refractivity contribution in [1.29, 1.82) is 0 Å². The average molecular weight is 365 g/mol. The first-order valence-corrected chi connectivity index (χ1v) is 9.74. The predicted octanol–water partition coefficient (Wildman–Crippen LogP) is -0.0832. The largest absolute Gasteiger partial charge is 0.396 e. The van der Waals surface area contributed by atoms with Gasteiger partial charge in [-0.2, -0.15) is 0 Å². The molecule has 0 spiro atoms. The number of aliphatic hydroxyl groups is 4. The van der Waals surface area contributed by atoms with Crippen LogP contribution in [0.25, 0.3) is 0 Å². The Morgan fingerprint density at radius 1 is 0.440 bits per heavy atom. The Balaban J connectivity index is 3.69. The van der Waals surface area contributed by atoms with Crippen molar-refractivity contribution in [2.24, 2.45) is 0 Å². The Labute approximate surface area is 153 Å². The number of nitrogens with zero attached hydrogens (tertiary/aromatic N) is 2. The van der Waals surface area contributed by atoms with E-state index in [-0.39, 0.29) is 26.4 Å². The number of rotatable bonds is 20. The van der Waals surface area contributed by atoms with Gasteiger partial charge in [0.25, 0.3) is 0 Å². The van der Waals surface area contributed by atoms with Crippen molar-refractivity contribution in [3.63, 3.8) is 0 Å². The summed E-state index contributed by atoms with van der Waals surface area (Å²) in [5.41, 5.74) is 0. The van der Waals surface area contributed by atoms with Crippen LogP contribution in [-0.2, 0) is 4.74 Å². The van der Waals surface area contributed by atoms with E-state index in [0.717, 1.165) is 91.0 Å². The molecule has 0 aromatic carbocycles. The molecule has 0 heterocycles. The number of aliphatic hydroxyl groups excluding tert-OH is 4. The van der Waals surface area contributed by atoms with Crippen LogP contribution < -0.4 is 0 Å². The molecule has 0 unspecified atom stereocenters. The Bertz CT molecular complexity index is 220. The summed E-state index contributed by atoms with van der Waals surface area (Å²) in [5, 5.41) is 35.7. The van der Waals surface area contributed by atoms with Gasteiger partial charge in [-0.05, 0) is 38.5 Å². The van der Waals surface area contributed by atoms with Gasteiger partial charge in [0.05, 0.1) is 0 Å². The van der Waals surface area contributed by atoms with Crippen molar-refractivity contribution in [2.75, 3.05) is 78.9 Å². The highest BCUT2D eigenvalue weighted by Crippen LogP contribution is 1.99. The highest BCUT2D eigenvalue weighted by molar-refractivity contribution is 4.59. The molecule has 0 fully saturated rings. The quantitative estimate of drug-likeness (QED) is 0.224. The zero-order valence-electron chi connectivity index (χ0n) is 15.8. The van der Waals surface area contributed by atoms with Gasteiger partial charge >= 0.3 is 0 Å². The zero-order chi connectivity index (χ0) is 18.6. The van der Waals surface area contributed by atoms with Gasteiger partial charge in [-0.15, -0.1) is 0 Å². The molecule has 0 aliphatic rings. The lowest BCUT2D eigenvalue weighted by molar-refractivity contribution is 0.105. The highest BCUT2D eigenvalue weighted by Gasteiger charge is 2.05. The van der Waals surface area contributed by atoms with Crippen molar-refractivity contribution in [1.82, 2.24) is 9.80 Å². The lowest BCUT2D eigenvalue weighted by Crippen LogP contribution is -2.30. The first kappa shape index (κ1) is 24.7. The lowest BCUT2D eigenvalue weighted by atomic mass is 10.3. The van der Waals surface area contributed by atoms with Gasteiger partial charge in [0.15, 0.2) is 0 Å². The smallest absolute Gasteiger partial charge is 0.0478 e. The highest BCUT2D eigenvalue weighted by atomic mass is 16.5. The van der Waals surface area contributed by atoms with Crippen LogP contribution in [0, 0.1) is 0 Å². The molecule has 0 aliphatic carbocycles. The van der Waals surface area contributed by atoms with Crippen LogP contribution >= 0.6 is 0 Å². The van der Waals surface area contributed by atoms with Crippen molar-refractivity contribution in [3.05, 3.63) is 0 Å². The third kappa shape index (κ3) is 16.9. The topological polar surface area (TPSA) is 96.6 Å². The summed E-state index contributed by atoms with van der Waals surface area (Å²) in [7, 11) is 0. The van der Waals surface area contributed by atoms with Crippen LogP contribution in [0.1, 0.15) is 38.5 Å². The van der Waals surface area contributed by atoms with E-state index < -0.39 is 0 Å². The monoisotopic (exact) mass is 364 g/mol. The van der Waals surface area contributed by atoms with Gasteiger partial charge in [-0.25, -0.2) is 0 Å². The van der Waals surface area contributed by atoms with E-state index in [1.54, 1.807) is 0 Å². The lowest BCUT2D eigenvalue weighted by Gasteiger charge is -2.22. The minimum Gasteiger partial charge on any atom is -0.396 e. The first-order valence-electron chi connectivity index (χ1n) is 9.74. The van der Waals surface area contributed by atoms with Gasteiger partial charge in [0.1, 0.15) is 0 Å². The Hall–Kier alpha value is -0.280. The van der Waals surface area contributed by atoms with E-state index in [1.165, 1.54) is 0 Å².